The standard InChI is InChI=1S/C13H19N6O4/c1-3-16(4-2)8-7-14-13-15-18(21)12-9-10(19(22)23)5-6-11(12)17(13)20/h5-6,9,20H,3-4,7-8H2,1-2H3,(H,14,15,21)/q+1. The van der Waals surface area contributed by atoms with E-state index in [1.54, 1.807) is 0 Å². The van der Waals surface area contributed by atoms with Crippen LogP contribution in [0.3, 0.4) is 0 Å². The smallest absolute Gasteiger partial charge is 0.328 e. The summed E-state index contributed by atoms with van der Waals surface area (Å²) in [6, 6.07) is 3.59. The Balaban J connectivity index is 2.29. The summed E-state index contributed by atoms with van der Waals surface area (Å²) in [5, 5.41) is 27.5. The number of hydrogen-bond donors (Lipinski definition) is 2. The van der Waals surface area contributed by atoms with Crippen LogP contribution in [0.5, 0.6) is 0 Å². The number of nitrogens with one attached hydrogen (secondary N) is 1. The van der Waals surface area contributed by atoms with Gasteiger partial charge in [-0.3, -0.25) is 10.1 Å². The van der Waals surface area contributed by atoms with E-state index in [0.29, 0.717) is 6.54 Å². The summed E-state index contributed by atoms with van der Waals surface area (Å²) < 4.78 is 0.977. The number of nitro groups is 1. The van der Waals surface area contributed by atoms with Crippen LogP contribution < -0.4 is 9.86 Å². The fourth-order valence-electron chi connectivity index (χ4n) is 2.23. The van der Waals surface area contributed by atoms with E-state index >= 15 is 0 Å². The number of anilines is 1. The number of nitrogens with zero attached hydrogens (tertiary/aromatic N) is 5. The van der Waals surface area contributed by atoms with Crippen LogP contribution in [0.25, 0.3) is 11.0 Å². The molecule has 0 saturated heterocycles. The molecule has 23 heavy (non-hydrogen) atoms. The molecule has 10 nitrogen and oxygen atoms in total. The van der Waals surface area contributed by atoms with Crippen molar-refractivity contribution in [1.29, 1.82) is 0 Å². The minimum Gasteiger partial charge on any atom is -0.425 e. The van der Waals surface area contributed by atoms with Gasteiger partial charge >= 0.3 is 11.5 Å². The van der Waals surface area contributed by atoms with Crippen molar-refractivity contribution >= 4 is 22.7 Å². The molecule has 0 fully saturated rings. The van der Waals surface area contributed by atoms with Gasteiger partial charge in [0.25, 0.3) is 5.69 Å². The number of non-ortho nitro benzene ring substituents is 1. The van der Waals surface area contributed by atoms with E-state index in [1.807, 2.05) is 13.8 Å². The third kappa shape index (κ3) is 3.54. The number of nitro benzene ring substituents is 1. The second-order valence-corrected chi connectivity index (χ2v) is 4.89. The van der Waals surface area contributed by atoms with Crippen LogP contribution in [0.2, 0.25) is 0 Å². The summed E-state index contributed by atoms with van der Waals surface area (Å²) in [6.45, 7) is 7.10. The molecule has 0 spiro atoms. The summed E-state index contributed by atoms with van der Waals surface area (Å²) in [6.07, 6.45) is 0. The van der Waals surface area contributed by atoms with Crippen molar-refractivity contribution in [2.45, 2.75) is 13.8 Å². The van der Waals surface area contributed by atoms with E-state index in [1.165, 1.54) is 12.1 Å². The normalized spacial score (nSPS) is 11.1. The van der Waals surface area contributed by atoms with Gasteiger partial charge in [-0.2, -0.15) is 0 Å². The van der Waals surface area contributed by atoms with Gasteiger partial charge in [0, 0.05) is 19.2 Å². The summed E-state index contributed by atoms with van der Waals surface area (Å²) in [7, 11) is 0. The highest BCUT2D eigenvalue weighted by atomic mass is 16.6. The molecule has 10 heteroatoms. The zero-order valence-electron chi connectivity index (χ0n) is 13.0. The van der Waals surface area contributed by atoms with Crippen LogP contribution in [-0.4, -0.2) is 51.0 Å². The van der Waals surface area contributed by atoms with Gasteiger partial charge in [-0.05, 0) is 19.2 Å². The molecule has 0 atom stereocenters. The molecular weight excluding hydrogens is 304 g/mol. The molecule has 0 aliphatic rings. The van der Waals surface area contributed by atoms with E-state index in [9.17, 15) is 20.2 Å². The molecule has 0 amide bonds. The van der Waals surface area contributed by atoms with Crippen LogP contribution in [0.1, 0.15) is 13.8 Å². The molecule has 1 heterocycles. The second kappa shape index (κ2) is 7.01. The monoisotopic (exact) mass is 323 g/mol. The first-order chi connectivity index (χ1) is 11.0. The average molecular weight is 323 g/mol. The number of aromatic nitrogens is 3. The Morgan fingerprint density at radius 2 is 2.13 bits per heavy atom. The minimum atomic E-state index is -0.614. The molecule has 1 aromatic heterocycles. The van der Waals surface area contributed by atoms with E-state index in [4.69, 9.17) is 0 Å². The van der Waals surface area contributed by atoms with Crippen molar-refractivity contribution in [1.82, 2.24) is 14.7 Å². The van der Waals surface area contributed by atoms with Gasteiger partial charge < -0.3 is 15.4 Å². The number of fused-ring (bicyclic) bond motifs is 1. The molecule has 2 aromatic rings. The van der Waals surface area contributed by atoms with Gasteiger partial charge in [0.05, 0.1) is 21.0 Å². The lowest BCUT2D eigenvalue weighted by molar-refractivity contribution is -0.536. The first-order valence-corrected chi connectivity index (χ1v) is 7.27. The molecule has 124 valence electrons. The molecule has 0 unspecified atom stereocenters. The van der Waals surface area contributed by atoms with Gasteiger partial charge in [0.15, 0.2) is 10.1 Å². The third-order valence-electron chi connectivity index (χ3n) is 3.60. The second-order valence-electron chi connectivity index (χ2n) is 4.89. The highest BCUT2D eigenvalue weighted by Gasteiger charge is 2.21. The number of likely N-dealkylation sites (N-methyl/N-ethyl adjacent to an activating group) is 1. The third-order valence-corrected chi connectivity index (χ3v) is 3.60. The van der Waals surface area contributed by atoms with E-state index in [2.05, 4.69) is 15.3 Å². The van der Waals surface area contributed by atoms with Crippen molar-refractivity contribution < 1.29 is 14.7 Å². The first-order valence-electron chi connectivity index (χ1n) is 7.27. The van der Waals surface area contributed by atoms with Crippen molar-refractivity contribution in [3.63, 3.8) is 0 Å². The summed E-state index contributed by atoms with van der Waals surface area (Å²) >= 11 is 0. The topological polar surface area (TPSA) is 119 Å². The van der Waals surface area contributed by atoms with E-state index in [-0.39, 0.29) is 27.2 Å². The SMILES string of the molecule is CCN(CC)CCNc1n[n+](=O)c2cc([N+](=O)[O-])ccc2n1O. The predicted octanol–water partition coefficient (Wildman–Crippen LogP) is 0.850. The Bertz CT molecular complexity index is 771. The predicted molar refractivity (Wildman–Crippen MR) is 83.2 cm³/mol. The van der Waals surface area contributed by atoms with Crippen LogP contribution in [0.15, 0.2) is 18.2 Å². The van der Waals surface area contributed by atoms with Gasteiger partial charge in [0.1, 0.15) is 0 Å². The molecule has 0 radical (unpaired) electrons. The number of rotatable bonds is 7. The largest absolute Gasteiger partial charge is 0.425 e. The summed E-state index contributed by atoms with van der Waals surface area (Å²) in [5.74, 6) is -0.0199. The van der Waals surface area contributed by atoms with Crippen molar-refractivity contribution in [2.75, 3.05) is 31.5 Å². The molecule has 1 aromatic carbocycles. The fourth-order valence-corrected chi connectivity index (χ4v) is 2.23. The molecule has 0 aliphatic carbocycles. The highest BCUT2D eigenvalue weighted by Crippen LogP contribution is 2.18. The fraction of sp³-hybridized carbons (Fsp3) is 0.462. The Kier molecular flexibility index (Phi) is 5.06. The number of hydrogen-bond acceptors (Lipinski definition) is 7. The van der Waals surface area contributed by atoms with Gasteiger partial charge in [0.2, 0.25) is 0 Å². The van der Waals surface area contributed by atoms with Crippen molar-refractivity contribution in [3.05, 3.63) is 33.2 Å². The zero-order valence-corrected chi connectivity index (χ0v) is 13.0. The lowest BCUT2D eigenvalue weighted by Crippen LogP contribution is -2.31. The Morgan fingerprint density at radius 3 is 2.74 bits per heavy atom. The van der Waals surface area contributed by atoms with Gasteiger partial charge in [-0.15, -0.1) is 4.73 Å². The van der Waals surface area contributed by atoms with Crippen LogP contribution >= 0.6 is 0 Å². The maximum Gasteiger partial charge on any atom is 0.328 e. The average Bonchev–Trinajstić information content (AvgIpc) is 2.55. The van der Waals surface area contributed by atoms with Gasteiger partial charge in [-0.1, -0.05) is 13.8 Å². The maximum atomic E-state index is 11.9. The molecule has 0 aliphatic heterocycles. The maximum absolute atomic E-state index is 11.9. The summed E-state index contributed by atoms with van der Waals surface area (Å²) in [5.41, 5.74) is -0.201. The van der Waals surface area contributed by atoms with Crippen LogP contribution in [0.4, 0.5) is 11.6 Å². The quantitative estimate of drug-likeness (QED) is 0.335. The highest BCUT2D eigenvalue weighted by molar-refractivity contribution is 5.75. The molecule has 0 bridgehead atoms. The van der Waals surface area contributed by atoms with E-state index in [0.717, 1.165) is 30.4 Å². The molecular formula is C13H19N6O4+. The summed E-state index contributed by atoms with van der Waals surface area (Å²) in [4.78, 5) is 24.3. The van der Waals surface area contributed by atoms with Crippen molar-refractivity contribution in [2.24, 2.45) is 0 Å². The Labute approximate surface area is 131 Å². The van der Waals surface area contributed by atoms with Crippen LogP contribution in [-0.2, 0) is 0 Å². The molecule has 2 rings (SSSR count). The molecule has 0 saturated carbocycles. The first kappa shape index (κ1) is 16.6. The van der Waals surface area contributed by atoms with Crippen LogP contribution in [0, 0.1) is 15.0 Å². The lowest BCUT2D eigenvalue weighted by Gasteiger charge is -2.17. The molecule has 2 N–H and O–H groups in total. The Morgan fingerprint density at radius 1 is 1.43 bits per heavy atom. The minimum absolute atomic E-state index is 0.0199. The van der Waals surface area contributed by atoms with Crippen molar-refractivity contribution in [3.8, 4) is 0 Å². The van der Waals surface area contributed by atoms with E-state index < -0.39 is 4.92 Å². The zero-order chi connectivity index (χ0) is 17.0. The lowest BCUT2D eigenvalue weighted by atomic mass is 10.3. The Hall–Kier alpha value is -2.75. The van der Waals surface area contributed by atoms with Gasteiger partial charge in [-0.25, -0.2) is 0 Å². The number of benzene rings is 1.